The molecule has 2 aromatic rings. The molecule has 1 fully saturated rings. The lowest BCUT2D eigenvalue weighted by Gasteiger charge is -2.14. The summed E-state index contributed by atoms with van der Waals surface area (Å²) in [6.45, 7) is 3.33. The van der Waals surface area contributed by atoms with E-state index in [1.807, 2.05) is 6.07 Å². The number of carbonyl (C=O) groups excluding carboxylic acids is 3. The van der Waals surface area contributed by atoms with Crippen LogP contribution in [0.4, 0.5) is 5.69 Å². The zero-order valence-electron chi connectivity index (χ0n) is 15.2. The van der Waals surface area contributed by atoms with Crippen molar-refractivity contribution in [3.8, 4) is 11.5 Å². The number of hydrogen-bond donors (Lipinski definition) is 1. The molecular formula is C20H17ClN2O5. The van der Waals surface area contributed by atoms with Gasteiger partial charge >= 0.3 is 5.97 Å². The number of esters is 1. The first-order valence-corrected chi connectivity index (χ1v) is 8.85. The van der Waals surface area contributed by atoms with Crippen molar-refractivity contribution in [2.24, 2.45) is 0 Å². The van der Waals surface area contributed by atoms with Gasteiger partial charge in [-0.15, -0.1) is 0 Å². The molecule has 0 atom stereocenters. The van der Waals surface area contributed by atoms with Gasteiger partial charge in [-0.3, -0.25) is 19.8 Å². The molecule has 1 aliphatic rings. The molecular weight excluding hydrogens is 384 g/mol. The molecule has 1 aliphatic heterocycles. The molecule has 1 saturated heterocycles. The van der Waals surface area contributed by atoms with Gasteiger partial charge in [0.1, 0.15) is 5.57 Å². The zero-order valence-corrected chi connectivity index (χ0v) is 15.9. The van der Waals surface area contributed by atoms with E-state index >= 15 is 0 Å². The van der Waals surface area contributed by atoms with Gasteiger partial charge in [0, 0.05) is 6.92 Å². The number of hydrogen-bond acceptors (Lipinski definition) is 5. The van der Waals surface area contributed by atoms with E-state index in [0.717, 1.165) is 0 Å². The van der Waals surface area contributed by atoms with Crippen molar-refractivity contribution in [1.29, 1.82) is 0 Å². The number of rotatable bonds is 5. The molecule has 0 spiro atoms. The summed E-state index contributed by atoms with van der Waals surface area (Å²) in [5.74, 6) is -1.24. The molecule has 0 aromatic heterocycles. The quantitative estimate of drug-likeness (QED) is 0.361. The topological polar surface area (TPSA) is 84.9 Å². The number of halogens is 1. The lowest BCUT2D eigenvalue weighted by Crippen LogP contribution is -2.35. The standard InChI is InChI=1S/C20H17ClN2O5/c1-3-27-17-11-13(10-16(21)18(17)28-12(2)24)9-15-19(25)22-23(20(15)26)14-7-5-4-6-8-14/h4-11H,3H2,1-2H3,(H,22,25)/b15-9-. The summed E-state index contributed by atoms with van der Waals surface area (Å²) in [5.41, 5.74) is 3.47. The number of hydrazine groups is 1. The average molecular weight is 401 g/mol. The molecule has 7 nitrogen and oxygen atoms in total. The molecule has 2 amide bonds. The lowest BCUT2D eigenvalue weighted by atomic mass is 10.1. The summed E-state index contributed by atoms with van der Waals surface area (Å²) in [6.07, 6.45) is 1.41. The number of nitrogens with one attached hydrogen (secondary N) is 1. The Balaban J connectivity index is 1.97. The van der Waals surface area contributed by atoms with Crippen LogP contribution in [0.3, 0.4) is 0 Å². The van der Waals surface area contributed by atoms with Crippen LogP contribution in [0.2, 0.25) is 5.02 Å². The number of nitrogens with zero attached hydrogens (tertiary/aromatic N) is 1. The molecule has 0 saturated carbocycles. The SMILES string of the molecule is CCOc1cc(/C=C2/C(=O)NN(c3ccccc3)C2=O)cc(Cl)c1OC(C)=O. The highest BCUT2D eigenvalue weighted by molar-refractivity contribution is 6.33. The predicted octanol–water partition coefficient (Wildman–Crippen LogP) is 3.13. The van der Waals surface area contributed by atoms with Crippen molar-refractivity contribution >= 4 is 41.1 Å². The van der Waals surface area contributed by atoms with E-state index in [9.17, 15) is 14.4 Å². The van der Waals surface area contributed by atoms with E-state index in [4.69, 9.17) is 21.1 Å². The molecule has 0 bridgehead atoms. The van der Waals surface area contributed by atoms with Crippen LogP contribution >= 0.6 is 11.6 Å². The van der Waals surface area contributed by atoms with Crippen LogP contribution in [0.5, 0.6) is 11.5 Å². The molecule has 1 heterocycles. The first kappa shape index (κ1) is 19.4. The second-order valence-corrected chi connectivity index (χ2v) is 6.24. The Hall–Kier alpha value is -3.32. The van der Waals surface area contributed by atoms with Gasteiger partial charge in [-0.25, -0.2) is 5.01 Å². The first-order valence-electron chi connectivity index (χ1n) is 8.47. The molecule has 0 radical (unpaired) electrons. The average Bonchev–Trinajstić information content (AvgIpc) is 2.93. The van der Waals surface area contributed by atoms with E-state index in [1.165, 1.54) is 24.1 Å². The Bertz CT molecular complexity index is 972. The molecule has 2 aromatic carbocycles. The van der Waals surface area contributed by atoms with Crippen molar-refractivity contribution < 1.29 is 23.9 Å². The van der Waals surface area contributed by atoms with Crippen molar-refractivity contribution in [1.82, 2.24) is 5.43 Å². The Labute approximate surface area is 166 Å². The zero-order chi connectivity index (χ0) is 20.3. The van der Waals surface area contributed by atoms with E-state index in [2.05, 4.69) is 5.43 Å². The Kier molecular flexibility index (Phi) is 5.65. The highest BCUT2D eigenvalue weighted by atomic mass is 35.5. The second kappa shape index (κ2) is 8.14. The smallest absolute Gasteiger partial charge is 0.308 e. The van der Waals surface area contributed by atoms with Gasteiger partial charge < -0.3 is 9.47 Å². The van der Waals surface area contributed by atoms with Crippen LogP contribution in [0, 0.1) is 0 Å². The monoisotopic (exact) mass is 400 g/mol. The van der Waals surface area contributed by atoms with Crippen molar-refractivity contribution in [2.45, 2.75) is 13.8 Å². The minimum absolute atomic E-state index is 0.0531. The third-order valence-corrected chi connectivity index (χ3v) is 4.08. The van der Waals surface area contributed by atoms with Gasteiger partial charge in [0.05, 0.1) is 17.3 Å². The molecule has 8 heteroatoms. The van der Waals surface area contributed by atoms with E-state index in [-0.39, 0.29) is 22.1 Å². The highest BCUT2D eigenvalue weighted by Crippen LogP contribution is 2.37. The molecule has 3 rings (SSSR count). The molecule has 144 valence electrons. The number of para-hydroxylation sites is 1. The maximum atomic E-state index is 12.7. The fourth-order valence-corrected chi connectivity index (χ4v) is 2.92. The van der Waals surface area contributed by atoms with Gasteiger partial charge in [-0.2, -0.15) is 0 Å². The fourth-order valence-electron chi connectivity index (χ4n) is 2.66. The van der Waals surface area contributed by atoms with Gasteiger partial charge in [-0.05, 0) is 42.8 Å². The summed E-state index contributed by atoms with van der Waals surface area (Å²) in [5, 5.41) is 1.30. The van der Waals surface area contributed by atoms with Crippen LogP contribution in [0.1, 0.15) is 19.4 Å². The van der Waals surface area contributed by atoms with Crippen molar-refractivity contribution in [3.05, 3.63) is 58.6 Å². The van der Waals surface area contributed by atoms with Crippen LogP contribution < -0.4 is 19.9 Å². The number of carbonyl (C=O) groups is 3. The van der Waals surface area contributed by atoms with Gasteiger partial charge in [-0.1, -0.05) is 29.8 Å². The largest absolute Gasteiger partial charge is 0.490 e. The summed E-state index contributed by atoms with van der Waals surface area (Å²) in [7, 11) is 0. The van der Waals surface area contributed by atoms with E-state index in [1.54, 1.807) is 37.3 Å². The molecule has 0 aliphatic carbocycles. The Morgan fingerprint density at radius 3 is 2.57 bits per heavy atom. The van der Waals surface area contributed by atoms with Crippen LogP contribution in [-0.4, -0.2) is 24.4 Å². The summed E-state index contributed by atoms with van der Waals surface area (Å²) in [4.78, 5) is 36.3. The number of anilines is 1. The third kappa shape index (κ3) is 3.99. The van der Waals surface area contributed by atoms with Crippen molar-refractivity contribution in [2.75, 3.05) is 11.6 Å². The molecule has 28 heavy (non-hydrogen) atoms. The predicted molar refractivity (Wildman–Crippen MR) is 104 cm³/mol. The fraction of sp³-hybridized carbons (Fsp3) is 0.150. The maximum absolute atomic E-state index is 12.7. The third-order valence-electron chi connectivity index (χ3n) is 3.79. The minimum Gasteiger partial charge on any atom is -0.490 e. The number of amides is 2. The second-order valence-electron chi connectivity index (χ2n) is 5.83. The first-order chi connectivity index (χ1) is 13.4. The Morgan fingerprint density at radius 1 is 1.21 bits per heavy atom. The number of benzene rings is 2. The minimum atomic E-state index is -0.544. The lowest BCUT2D eigenvalue weighted by molar-refractivity contribution is -0.132. The molecule has 0 unspecified atom stereocenters. The van der Waals surface area contributed by atoms with Crippen LogP contribution in [0.15, 0.2) is 48.0 Å². The van der Waals surface area contributed by atoms with Crippen LogP contribution in [0.25, 0.3) is 6.08 Å². The van der Waals surface area contributed by atoms with Crippen LogP contribution in [-0.2, 0) is 14.4 Å². The normalized spacial score (nSPS) is 15.0. The number of ether oxygens (including phenoxy) is 2. The maximum Gasteiger partial charge on any atom is 0.308 e. The van der Waals surface area contributed by atoms with Gasteiger partial charge in [0.2, 0.25) is 0 Å². The van der Waals surface area contributed by atoms with E-state index < -0.39 is 17.8 Å². The highest BCUT2D eigenvalue weighted by Gasteiger charge is 2.34. The van der Waals surface area contributed by atoms with E-state index in [0.29, 0.717) is 17.9 Å². The van der Waals surface area contributed by atoms with Gasteiger partial charge in [0.25, 0.3) is 11.8 Å². The Morgan fingerprint density at radius 2 is 1.93 bits per heavy atom. The van der Waals surface area contributed by atoms with Crippen molar-refractivity contribution in [3.63, 3.8) is 0 Å². The molecule has 1 N–H and O–H groups in total. The summed E-state index contributed by atoms with van der Waals surface area (Å²) < 4.78 is 10.6. The summed E-state index contributed by atoms with van der Waals surface area (Å²) >= 11 is 6.21. The van der Waals surface area contributed by atoms with Gasteiger partial charge in [0.15, 0.2) is 11.5 Å². The summed E-state index contributed by atoms with van der Waals surface area (Å²) in [6, 6.07) is 11.8.